The summed E-state index contributed by atoms with van der Waals surface area (Å²) in [5, 5.41) is 6.44. The molecule has 8 heteroatoms. The van der Waals surface area contributed by atoms with Crippen LogP contribution >= 0.6 is 11.3 Å². The molecular formula is C24H22N4O3S. The lowest BCUT2D eigenvalue weighted by Gasteiger charge is -2.18. The molecule has 162 valence electrons. The highest BCUT2D eigenvalue weighted by molar-refractivity contribution is 7.14. The van der Waals surface area contributed by atoms with Crippen LogP contribution in [-0.4, -0.2) is 27.6 Å². The van der Waals surface area contributed by atoms with Crippen molar-refractivity contribution in [2.24, 2.45) is 0 Å². The predicted molar refractivity (Wildman–Crippen MR) is 124 cm³/mol. The SMILES string of the molecule is C=CCN(C(=O)c1ccc(OCc2noc(CC)n2)cc1)c1nc(-c2ccccc2)cs1. The quantitative estimate of drug-likeness (QED) is 0.330. The number of aromatic nitrogens is 3. The second-order valence-corrected chi connectivity index (χ2v) is 7.69. The molecular weight excluding hydrogens is 424 g/mol. The van der Waals surface area contributed by atoms with E-state index in [1.807, 2.05) is 42.6 Å². The van der Waals surface area contributed by atoms with E-state index in [2.05, 4.69) is 21.7 Å². The van der Waals surface area contributed by atoms with Gasteiger partial charge in [0.1, 0.15) is 5.75 Å². The first-order valence-corrected chi connectivity index (χ1v) is 11.0. The predicted octanol–water partition coefficient (Wildman–Crippen LogP) is 5.17. The van der Waals surface area contributed by atoms with Gasteiger partial charge in [-0.15, -0.1) is 17.9 Å². The third kappa shape index (κ3) is 4.92. The van der Waals surface area contributed by atoms with Crippen LogP contribution in [0.2, 0.25) is 0 Å². The molecule has 0 aliphatic carbocycles. The first-order valence-electron chi connectivity index (χ1n) is 10.2. The van der Waals surface area contributed by atoms with Gasteiger partial charge < -0.3 is 9.26 Å². The number of carbonyl (C=O) groups excluding carboxylic acids is 1. The van der Waals surface area contributed by atoms with E-state index in [-0.39, 0.29) is 12.5 Å². The van der Waals surface area contributed by atoms with E-state index in [0.29, 0.717) is 41.1 Å². The van der Waals surface area contributed by atoms with E-state index in [1.165, 1.54) is 11.3 Å². The number of carbonyl (C=O) groups is 1. The second kappa shape index (κ2) is 10.0. The summed E-state index contributed by atoms with van der Waals surface area (Å²) in [6.45, 7) is 6.28. The Labute approximate surface area is 190 Å². The molecule has 0 aliphatic heterocycles. The minimum absolute atomic E-state index is 0.156. The third-order valence-corrected chi connectivity index (χ3v) is 5.49. The topological polar surface area (TPSA) is 81.4 Å². The van der Waals surface area contributed by atoms with Crippen LogP contribution in [0.4, 0.5) is 5.13 Å². The Kier molecular flexibility index (Phi) is 6.72. The Morgan fingerprint density at radius 3 is 2.62 bits per heavy atom. The highest BCUT2D eigenvalue weighted by atomic mass is 32.1. The van der Waals surface area contributed by atoms with E-state index in [1.54, 1.807) is 35.2 Å². The molecule has 2 heterocycles. The number of aryl methyl sites for hydroxylation is 1. The van der Waals surface area contributed by atoms with Crippen molar-refractivity contribution in [1.82, 2.24) is 15.1 Å². The Hall–Kier alpha value is -3.78. The highest BCUT2D eigenvalue weighted by Crippen LogP contribution is 2.28. The minimum Gasteiger partial charge on any atom is -0.485 e. The summed E-state index contributed by atoms with van der Waals surface area (Å²) in [5.41, 5.74) is 2.38. The van der Waals surface area contributed by atoms with E-state index in [9.17, 15) is 4.79 Å². The van der Waals surface area contributed by atoms with Crippen molar-refractivity contribution in [3.05, 3.63) is 89.9 Å². The number of hydrogen-bond acceptors (Lipinski definition) is 7. The van der Waals surface area contributed by atoms with Crippen LogP contribution in [0.15, 0.2) is 77.2 Å². The zero-order valence-electron chi connectivity index (χ0n) is 17.6. The average molecular weight is 447 g/mol. The zero-order valence-corrected chi connectivity index (χ0v) is 18.4. The molecule has 1 amide bonds. The smallest absolute Gasteiger partial charge is 0.260 e. The Bertz CT molecular complexity index is 1190. The van der Waals surface area contributed by atoms with Gasteiger partial charge in [0, 0.05) is 29.5 Å². The summed E-state index contributed by atoms with van der Waals surface area (Å²) in [7, 11) is 0. The van der Waals surface area contributed by atoms with E-state index >= 15 is 0 Å². The molecule has 0 aliphatic rings. The van der Waals surface area contributed by atoms with Crippen molar-refractivity contribution in [3.63, 3.8) is 0 Å². The van der Waals surface area contributed by atoms with Gasteiger partial charge in [-0.1, -0.05) is 48.5 Å². The molecule has 7 nitrogen and oxygen atoms in total. The van der Waals surface area contributed by atoms with Gasteiger partial charge in [0.2, 0.25) is 11.7 Å². The van der Waals surface area contributed by atoms with Crippen molar-refractivity contribution in [1.29, 1.82) is 0 Å². The number of nitrogens with zero attached hydrogens (tertiary/aromatic N) is 4. The highest BCUT2D eigenvalue weighted by Gasteiger charge is 2.20. The van der Waals surface area contributed by atoms with Gasteiger partial charge in [-0.2, -0.15) is 4.98 Å². The van der Waals surface area contributed by atoms with E-state index in [0.717, 1.165) is 11.3 Å². The molecule has 0 saturated heterocycles. The number of anilines is 1. The molecule has 4 rings (SSSR count). The molecule has 0 N–H and O–H groups in total. The third-order valence-electron chi connectivity index (χ3n) is 4.63. The van der Waals surface area contributed by atoms with Crippen molar-refractivity contribution in [3.8, 4) is 17.0 Å². The molecule has 0 fully saturated rings. The molecule has 0 unspecified atom stereocenters. The van der Waals surface area contributed by atoms with Crippen LogP contribution < -0.4 is 9.64 Å². The van der Waals surface area contributed by atoms with Crippen LogP contribution in [0.25, 0.3) is 11.3 Å². The Balaban J connectivity index is 1.46. The lowest BCUT2D eigenvalue weighted by molar-refractivity contribution is 0.0989. The summed E-state index contributed by atoms with van der Waals surface area (Å²) in [5.74, 6) is 1.51. The minimum atomic E-state index is -0.156. The molecule has 0 bridgehead atoms. The van der Waals surface area contributed by atoms with Crippen molar-refractivity contribution in [2.45, 2.75) is 20.0 Å². The van der Waals surface area contributed by atoms with E-state index in [4.69, 9.17) is 9.26 Å². The van der Waals surface area contributed by atoms with Gasteiger partial charge in [-0.3, -0.25) is 9.69 Å². The van der Waals surface area contributed by atoms with Crippen LogP contribution in [0.5, 0.6) is 5.75 Å². The van der Waals surface area contributed by atoms with Crippen molar-refractivity contribution < 1.29 is 14.1 Å². The fraction of sp³-hybridized carbons (Fsp3) is 0.167. The van der Waals surface area contributed by atoms with Crippen molar-refractivity contribution >= 4 is 22.4 Å². The van der Waals surface area contributed by atoms with Gasteiger partial charge in [-0.05, 0) is 24.3 Å². The molecule has 2 aromatic carbocycles. The van der Waals surface area contributed by atoms with Crippen LogP contribution in [0, 0.1) is 0 Å². The number of hydrogen-bond donors (Lipinski definition) is 0. The molecule has 0 radical (unpaired) electrons. The summed E-state index contributed by atoms with van der Waals surface area (Å²) < 4.78 is 10.8. The maximum atomic E-state index is 13.2. The monoisotopic (exact) mass is 446 g/mol. The largest absolute Gasteiger partial charge is 0.485 e. The second-order valence-electron chi connectivity index (χ2n) is 6.86. The molecule has 0 spiro atoms. The summed E-state index contributed by atoms with van der Waals surface area (Å²) in [6.07, 6.45) is 2.37. The first-order chi connectivity index (χ1) is 15.7. The van der Waals surface area contributed by atoms with Crippen molar-refractivity contribution in [2.75, 3.05) is 11.4 Å². The number of thiazole rings is 1. The van der Waals surface area contributed by atoms with Crippen LogP contribution in [-0.2, 0) is 13.0 Å². The Morgan fingerprint density at radius 1 is 1.16 bits per heavy atom. The Morgan fingerprint density at radius 2 is 1.94 bits per heavy atom. The standard InChI is InChI=1S/C24H22N4O3S/c1-3-14-28(24-25-20(16-32-24)17-8-6-5-7-9-17)23(29)18-10-12-19(13-11-18)30-15-21-26-22(4-2)31-27-21/h3,5-13,16H,1,4,14-15H2,2H3. The zero-order chi connectivity index (χ0) is 22.3. The first kappa shape index (κ1) is 21.5. The summed E-state index contributed by atoms with van der Waals surface area (Å²) in [6, 6.07) is 16.8. The maximum absolute atomic E-state index is 13.2. The number of benzene rings is 2. The van der Waals surface area contributed by atoms with Gasteiger partial charge in [0.05, 0.1) is 5.69 Å². The molecule has 32 heavy (non-hydrogen) atoms. The van der Waals surface area contributed by atoms with Crippen LogP contribution in [0.1, 0.15) is 29.0 Å². The molecule has 0 saturated carbocycles. The van der Waals surface area contributed by atoms with Gasteiger partial charge in [0.25, 0.3) is 5.91 Å². The number of ether oxygens (including phenoxy) is 1. The fourth-order valence-corrected chi connectivity index (χ4v) is 3.84. The maximum Gasteiger partial charge on any atom is 0.260 e. The fourth-order valence-electron chi connectivity index (χ4n) is 3.00. The average Bonchev–Trinajstić information content (AvgIpc) is 3.51. The van der Waals surface area contributed by atoms with E-state index < -0.39 is 0 Å². The lowest BCUT2D eigenvalue weighted by atomic mass is 10.2. The number of amides is 1. The van der Waals surface area contributed by atoms with Gasteiger partial charge in [-0.25, -0.2) is 4.98 Å². The van der Waals surface area contributed by atoms with Gasteiger partial charge in [0.15, 0.2) is 11.7 Å². The summed E-state index contributed by atoms with van der Waals surface area (Å²) in [4.78, 5) is 23.7. The normalized spacial score (nSPS) is 10.7. The lowest BCUT2D eigenvalue weighted by Crippen LogP contribution is -2.30. The van der Waals surface area contributed by atoms with Crippen LogP contribution in [0.3, 0.4) is 0 Å². The number of rotatable bonds is 9. The van der Waals surface area contributed by atoms with Gasteiger partial charge >= 0.3 is 0 Å². The molecule has 0 atom stereocenters. The molecule has 2 aromatic heterocycles. The molecule has 4 aromatic rings. The summed E-state index contributed by atoms with van der Waals surface area (Å²) >= 11 is 1.43.